The van der Waals surface area contributed by atoms with E-state index in [9.17, 15) is 0 Å². The van der Waals surface area contributed by atoms with E-state index in [1.807, 2.05) is 18.4 Å². The van der Waals surface area contributed by atoms with Crippen LogP contribution in [0.5, 0.6) is 0 Å². The minimum atomic E-state index is 0.144. The highest BCUT2D eigenvalue weighted by atomic mass is 16.5. The first-order chi connectivity index (χ1) is 7.72. The van der Waals surface area contributed by atoms with Crippen molar-refractivity contribution in [3.63, 3.8) is 0 Å². The molecule has 0 unspecified atom stereocenters. The van der Waals surface area contributed by atoms with Crippen LogP contribution in [0.2, 0.25) is 0 Å². The van der Waals surface area contributed by atoms with E-state index >= 15 is 0 Å². The highest BCUT2D eigenvalue weighted by Crippen LogP contribution is 2.16. The Bertz CT molecular complexity index is 480. The highest BCUT2D eigenvalue weighted by Gasteiger charge is 2.09. The summed E-state index contributed by atoms with van der Waals surface area (Å²) in [6, 6.07) is 1.76. The molecule has 0 aromatic carbocycles. The predicted octanol–water partition coefficient (Wildman–Crippen LogP) is 1.44. The molecule has 0 aliphatic rings. The molecule has 1 atom stereocenters. The number of anilines is 1. The number of aromatic nitrogens is 3. The van der Waals surface area contributed by atoms with Gasteiger partial charge in [-0.1, -0.05) is 0 Å². The van der Waals surface area contributed by atoms with Crippen molar-refractivity contribution in [2.45, 2.75) is 26.5 Å². The molecule has 2 aromatic heterocycles. The summed E-state index contributed by atoms with van der Waals surface area (Å²) in [6.07, 6.45) is 3.59. The maximum atomic E-state index is 5.81. The Morgan fingerprint density at radius 2 is 2.31 bits per heavy atom. The SMILES string of the molecule is CCO[C@H](C)Cn1cnc2c(N)ccnc21. The van der Waals surface area contributed by atoms with Crippen LogP contribution >= 0.6 is 0 Å². The second kappa shape index (κ2) is 4.49. The van der Waals surface area contributed by atoms with Gasteiger partial charge in [-0.25, -0.2) is 9.97 Å². The number of rotatable bonds is 4. The molecule has 0 radical (unpaired) electrons. The standard InChI is InChI=1S/C11H16N4O/c1-3-16-8(2)6-15-7-14-10-9(12)4-5-13-11(10)15/h4-5,7-8H,3,6H2,1-2H3,(H2,12,13)/t8-/m1/s1. The number of hydrogen-bond donors (Lipinski definition) is 1. The fourth-order valence-electron chi connectivity index (χ4n) is 1.73. The van der Waals surface area contributed by atoms with Gasteiger partial charge in [0, 0.05) is 12.8 Å². The zero-order chi connectivity index (χ0) is 11.5. The number of hydrogen-bond acceptors (Lipinski definition) is 4. The Balaban J connectivity index is 2.28. The maximum Gasteiger partial charge on any atom is 0.162 e. The molecule has 0 aliphatic heterocycles. The second-order valence-electron chi connectivity index (χ2n) is 3.74. The van der Waals surface area contributed by atoms with E-state index in [0.29, 0.717) is 12.3 Å². The molecule has 5 heteroatoms. The van der Waals surface area contributed by atoms with E-state index in [-0.39, 0.29) is 6.10 Å². The first-order valence-electron chi connectivity index (χ1n) is 5.39. The Labute approximate surface area is 94.2 Å². The topological polar surface area (TPSA) is 66.0 Å². The minimum Gasteiger partial charge on any atom is -0.397 e. The van der Waals surface area contributed by atoms with Gasteiger partial charge in [-0.3, -0.25) is 0 Å². The average molecular weight is 220 g/mol. The van der Waals surface area contributed by atoms with Gasteiger partial charge in [0.05, 0.1) is 24.7 Å². The molecule has 0 spiro atoms. The van der Waals surface area contributed by atoms with Crippen LogP contribution < -0.4 is 5.73 Å². The number of pyridine rings is 1. The van der Waals surface area contributed by atoms with E-state index in [4.69, 9.17) is 10.5 Å². The van der Waals surface area contributed by atoms with Gasteiger partial charge in [-0.15, -0.1) is 0 Å². The zero-order valence-electron chi connectivity index (χ0n) is 9.55. The van der Waals surface area contributed by atoms with Gasteiger partial charge < -0.3 is 15.0 Å². The van der Waals surface area contributed by atoms with Crippen LogP contribution in [-0.4, -0.2) is 27.2 Å². The van der Waals surface area contributed by atoms with Crippen molar-refractivity contribution in [3.05, 3.63) is 18.6 Å². The van der Waals surface area contributed by atoms with E-state index in [1.54, 1.807) is 18.6 Å². The summed E-state index contributed by atoms with van der Waals surface area (Å²) in [5, 5.41) is 0. The van der Waals surface area contributed by atoms with E-state index in [0.717, 1.165) is 17.7 Å². The fourth-order valence-corrected chi connectivity index (χ4v) is 1.73. The molecule has 0 saturated heterocycles. The molecule has 2 rings (SSSR count). The molecular formula is C11H16N4O. The molecule has 2 aromatic rings. The molecule has 0 aliphatic carbocycles. The van der Waals surface area contributed by atoms with E-state index in [1.165, 1.54) is 0 Å². The molecule has 0 amide bonds. The molecule has 16 heavy (non-hydrogen) atoms. The van der Waals surface area contributed by atoms with Crippen LogP contribution in [0.4, 0.5) is 5.69 Å². The lowest BCUT2D eigenvalue weighted by atomic mass is 10.3. The summed E-state index contributed by atoms with van der Waals surface area (Å²) in [6.45, 7) is 5.46. The summed E-state index contributed by atoms with van der Waals surface area (Å²) in [4.78, 5) is 8.53. The summed E-state index contributed by atoms with van der Waals surface area (Å²) in [7, 11) is 0. The third-order valence-electron chi connectivity index (χ3n) is 2.44. The van der Waals surface area contributed by atoms with Crippen LogP contribution in [0.3, 0.4) is 0 Å². The average Bonchev–Trinajstić information content (AvgIpc) is 2.64. The minimum absolute atomic E-state index is 0.144. The lowest BCUT2D eigenvalue weighted by molar-refractivity contribution is 0.0647. The first kappa shape index (κ1) is 10.9. The molecule has 2 N–H and O–H groups in total. The van der Waals surface area contributed by atoms with Gasteiger partial charge in [-0.05, 0) is 19.9 Å². The lowest BCUT2D eigenvalue weighted by Gasteiger charge is -2.12. The molecule has 0 bridgehead atoms. The zero-order valence-corrected chi connectivity index (χ0v) is 9.55. The van der Waals surface area contributed by atoms with Gasteiger partial charge in [0.15, 0.2) is 5.65 Å². The van der Waals surface area contributed by atoms with Crippen molar-refractivity contribution >= 4 is 16.9 Å². The first-order valence-corrected chi connectivity index (χ1v) is 5.39. The summed E-state index contributed by atoms with van der Waals surface area (Å²) < 4.78 is 7.45. The van der Waals surface area contributed by atoms with Crippen molar-refractivity contribution in [2.75, 3.05) is 12.3 Å². The smallest absolute Gasteiger partial charge is 0.162 e. The number of imidazole rings is 1. The predicted molar refractivity (Wildman–Crippen MR) is 63.0 cm³/mol. The van der Waals surface area contributed by atoms with Crippen molar-refractivity contribution in [3.8, 4) is 0 Å². The van der Waals surface area contributed by atoms with Crippen molar-refractivity contribution < 1.29 is 4.74 Å². The quantitative estimate of drug-likeness (QED) is 0.846. The molecule has 86 valence electrons. The van der Waals surface area contributed by atoms with Gasteiger partial charge in [0.1, 0.15) is 5.52 Å². The Kier molecular flexibility index (Phi) is 3.05. The third-order valence-corrected chi connectivity index (χ3v) is 2.44. The highest BCUT2D eigenvalue weighted by molar-refractivity contribution is 5.83. The van der Waals surface area contributed by atoms with Crippen molar-refractivity contribution in [2.24, 2.45) is 0 Å². The lowest BCUT2D eigenvalue weighted by Crippen LogP contribution is -2.16. The molecule has 2 heterocycles. The summed E-state index contributed by atoms with van der Waals surface area (Å²) >= 11 is 0. The monoisotopic (exact) mass is 220 g/mol. The largest absolute Gasteiger partial charge is 0.397 e. The number of ether oxygens (including phenoxy) is 1. The van der Waals surface area contributed by atoms with Crippen LogP contribution in [0, 0.1) is 0 Å². The number of nitrogens with two attached hydrogens (primary N) is 1. The van der Waals surface area contributed by atoms with Crippen molar-refractivity contribution in [1.82, 2.24) is 14.5 Å². The van der Waals surface area contributed by atoms with Crippen LogP contribution in [0.25, 0.3) is 11.2 Å². The Morgan fingerprint density at radius 1 is 1.50 bits per heavy atom. The second-order valence-corrected chi connectivity index (χ2v) is 3.74. The number of nitrogen functional groups attached to an aromatic ring is 1. The molecule has 0 fully saturated rings. The summed E-state index contributed by atoms with van der Waals surface area (Å²) in [5.41, 5.74) is 8.04. The van der Waals surface area contributed by atoms with E-state index in [2.05, 4.69) is 9.97 Å². The Morgan fingerprint density at radius 3 is 3.06 bits per heavy atom. The van der Waals surface area contributed by atoms with Crippen LogP contribution in [-0.2, 0) is 11.3 Å². The van der Waals surface area contributed by atoms with Gasteiger partial charge >= 0.3 is 0 Å². The molecular weight excluding hydrogens is 204 g/mol. The van der Waals surface area contributed by atoms with Crippen LogP contribution in [0.15, 0.2) is 18.6 Å². The molecule has 0 saturated carbocycles. The van der Waals surface area contributed by atoms with E-state index < -0.39 is 0 Å². The normalized spacial score (nSPS) is 13.1. The third kappa shape index (κ3) is 1.99. The van der Waals surface area contributed by atoms with Crippen LogP contribution in [0.1, 0.15) is 13.8 Å². The number of fused-ring (bicyclic) bond motifs is 1. The maximum absolute atomic E-state index is 5.81. The summed E-state index contributed by atoms with van der Waals surface area (Å²) in [5.74, 6) is 0. The van der Waals surface area contributed by atoms with Gasteiger partial charge in [0.2, 0.25) is 0 Å². The van der Waals surface area contributed by atoms with Gasteiger partial charge in [-0.2, -0.15) is 0 Å². The number of nitrogens with zero attached hydrogens (tertiary/aromatic N) is 3. The molecule has 5 nitrogen and oxygen atoms in total. The fraction of sp³-hybridized carbons (Fsp3) is 0.455. The van der Waals surface area contributed by atoms with Gasteiger partial charge in [0.25, 0.3) is 0 Å². The Hall–Kier alpha value is -1.62. The van der Waals surface area contributed by atoms with Crippen molar-refractivity contribution in [1.29, 1.82) is 0 Å².